The number of thioether (sulfide) groups is 1. The molecule has 1 unspecified atom stereocenters. The summed E-state index contributed by atoms with van der Waals surface area (Å²) in [6, 6.07) is 3.71. The van der Waals surface area contributed by atoms with Crippen molar-refractivity contribution >= 4 is 17.7 Å². The standard InChI is InChI=1S/C11H17NO2S/c1-4-9(8-15-3)12(2)11(13)10-6-5-7-14-10/h5-7,9H,4,8H2,1-3H3. The summed E-state index contributed by atoms with van der Waals surface area (Å²) < 4.78 is 5.09. The summed E-state index contributed by atoms with van der Waals surface area (Å²) in [6.45, 7) is 2.09. The second-order valence-electron chi connectivity index (χ2n) is 3.41. The van der Waals surface area contributed by atoms with Gasteiger partial charge in [-0.15, -0.1) is 0 Å². The van der Waals surface area contributed by atoms with E-state index in [0.29, 0.717) is 5.76 Å². The molecule has 0 aliphatic heterocycles. The maximum Gasteiger partial charge on any atom is 0.289 e. The van der Waals surface area contributed by atoms with Crippen LogP contribution in [0.3, 0.4) is 0 Å². The molecule has 1 atom stereocenters. The maximum atomic E-state index is 11.9. The molecule has 1 amide bonds. The van der Waals surface area contributed by atoms with Crippen LogP contribution in [0.25, 0.3) is 0 Å². The summed E-state index contributed by atoms with van der Waals surface area (Å²) in [5, 5.41) is 0. The molecule has 0 N–H and O–H groups in total. The predicted molar refractivity (Wildman–Crippen MR) is 63.3 cm³/mol. The zero-order valence-electron chi connectivity index (χ0n) is 9.40. The Balaban J connectivity index is 2.66. The highest BCUT2D eigenvalue weighted by Crippen LogP contribution is 2.12. The van der Waals surface area contributed by atoms with Gasteiger partial charge in [0.2, 0.25) is 0 Å². The van der Waals surface area contributed by atoms with Crippen LogP contribution in [-0.4, -0.2) is 35.9 Å². The smallest absolute Gasteiger partial charge is 0.289 e. The first-order chi connectivity index (χ1) is 7.20. The van der Waals surface area contributed by atoms with Gasteiger partial charge in [0.15, 0.2) is 5.76 Å². The maximum absolute atomic E-state index is 11.9. The fourth-order valence-corrected chi connectivity index (χ4v) is 2.28. The SMILES string of the molecule is CCC(CSC)N(C)C(=O)c1ccco1. The molecule has 4 heteroatoms. The Bertz CT molecular complexity index is 298. The van der Waals surface area contributed by atoms with Crippen molar-refractivity contribution in [1.29, 1.82) is 0 Å². The van der Waals surface area contributed by atoms with Crippen LogP contribution in [0.2, 0.25) is 0 Å². The van der Waals surface area contributed by atoms with Gasteiger partial charge in [-0.3, -0.25) is 4.79 Å². The van der Waals surface area contributed by atoms with Crippen LogP contribution in [0.4, 0.5) is 0 Å². The molecule has 0 saturated heterocycles. The molecule has 15 heavy (non-hydrogen) atoms. The van der Waals surface area contributed by atoms with Crippen molar-refractivity contribution in [3.63, 3.8) is 0 Å². The average molecular weight is 227 g/mol. The monoisotopic (exact) mass is 227 g/mol. The van der Waals surface area contributed by atoms with E-state index in [2.05, 4.69) is 6.92 Å². The lowest BCUT2D eigenvalue weighted by Crippen LogP contribution is -2.38. The van der Waals surface area contributed by atoms with Crippen LogP contribution in [0.5, 0.6) is 0 Å². The number of rotatable bonds is 5. The van der Waals surface area contributed by atoms with Crippen molar-refractivity contribution in [3.8, 4) is 0 Å². The molecule has 1 rings (SSSR count). The number of hydrogen-bond acceptors (Lipinski definition) is 3. The molecule has 3 nitrogen and oxygen atoms in total. The third-order valence-corrected chi connectivity index (χ3v) is 3.15. The van der Waals surface area contributed by atoms with Crippen molar-refractivity contribution in [1.82, 2.24) is 4.90 Å². The number of carbonyl (C=O) groups is 1. The lowest BCUT2D eigenvalue weighted by Gasteiger charge is -2.25. The fourth-order valence-electron chi connectivity index (χ4n) is 1.44. The summed E-state index contributed by atoms with van der Waals surface area (Å²) in [5.41, 5.74) is 0. The van der Waals surface area contributed by atoms with E-state index in [1.54, 1.807) is 28.8 Å². The number of nitrogens with zero attached hydrogens (tertiary/aromatic N) is 1. The molecule has 0 aromatic carbocycles. The Hall–Kier alpha value is -0.900. The summed E-state index contributed by atoms with van der Waals surface area (Å²) in [4.78, 5) is 13.7. The van der Waals surface area contributed by atoms with Crippen molar-refractivity contribution in [2.45, 2.75) is 19.4 Å². The van der Waals surface area contributed by atoms with Gasteiger partial charge >= 0.3 is 0 Å². The van der Waals surface area contributed by atoms with Crippen molar-refractivity contribution in [2.75, 3.05) is 19.1 Å². The number of carbonyl (C=O) groups excluding carboxylic acids is 1. The Labute approximate surface area is 94.8 Å². The number of hydrogen-bond donors (Lipinski definition) is 0. The van der Waals surface area contributed by atoms with Gasteiger partial charge in [0.05, 0.1) is 6.26 Å². The molecule has 1 heterocycles. The minimum atomic E-state index is -0.0408. The van der Waals surface area contributed by atoms with E-state index in [1.165, 1.54) is 6.26 Å². The molecular formula is C11H17NO2S. The summed E-state index contributed by atoms with van der Waals surface area (Å²) in [6.07, 6.45) is 4.54. The van der Waals surface area contributed by atoms with Crippen molar-refractivity contribution in [3.05, 3.63) is 24.2 Å². The van der Waals surface area contributed by atoms with E-state index in [1.807, 2.05) is 13.3 Å². The van der Waals surface area contributed by atoms with Gasteiger partial charge in [0.25, 0.3) is 5.91 Å². The van der Waals surface area contributed by atoms with E-state index in [9.17, 15) is 4.79 Å². The lowest BCUT2D eigenvalue weighted by molar-refractivity contribution is 0.0711. The van der Waals surface area contributed by atoms with Crippen LogP contribution in [0.1, 0.15) is 23.9 Å². The van der Waals surface area contributed by atoms with E-state index < -0.39 is 0 Å². The molecule has 1 aromatic rings. The molecule has 0 radical (unpaired) electrons. The molecule has 0 aliphatic rings. The second kappa shape index (κ2) is 5.85. The molecular weight excluding hydrogens is 210 g/mol. The summed E-state index contributed by atoms with van der Waals surface area (Å²) in [7, 11) is 1.83. The lowest BCUT2D eigenvalue weighted by atomic mass is 10.2. The van der Waals surface area contributed by atoms with Crippen LogP contribution in [-0.2, 0) is 0 Å². The van der Waals surface area contributed by atoms with E-state index in [4.69, 9.17) is 4.42 Å². The zero-order valence-corrected chi connectivity index (χ0v) is 10.2. The normalized spacial score (nSPS) is 12.5. The quantitative estimate of drug-likeness (QED) is 0.775. The predicted octanol–water partition coefficient (Wildman–Crippen LogP) is 2.49. The van der Waals surface area contributed by atoms with Crippen LogP contribution in [0, 0.1) is 0 Å². The van der Waals surface area contributed by atoms with Crippen molar-refractivity contribution < 1.29 is 9.21 Å². The largest absolute Gasteiger partial charge is 0.459 e. The highest BCUT2D eigenvalue weighted by atomic mass is 32.2. The van der Waals surface area contributed by atoms with Crippen LogP contribution >= 0.6 is 11.8 Å². The first kappa shape index (κ1) is 12.2. The highest BCUT2D eigenvalue weighted by molar-refractivity contribution is 7.98. The van der Waals surface area contributed by atoms with E-state index in [0.717, 1.165) is 12.2 Å². The summed E-state index contributed by atoms with van der Waals surface area (Å²) in [5.74, 6) is 1.33. The molecule has 0 fully saturated rings. The highest BCUT2D eigenvalue weighted by Gasteiger charge is 2.20. The minimum absolute atomic E-state index is 0.0408. The Morgan fingerprint density at radius 2 is 2.40 bits per heavy atom. The van der Waals surface area contributed by atoms with E-state index in [-0.39, 0.29) is 11.9 Å². The van der Waals surface area contributed by atoms with Gasteiger partial charge in [-0.2, -0.15) is 11.8 Å². The van der Waals surface area contributed by atoms with Crippen LogP contribution < -0.4 is 0 Å². The molecule has 0 saturated carbocycles. The second-order valence-corrected chi connectivity index (χ2v) is 4.32. The summed E-state index contributed by atoms with van der Waals surface area (Å²) >= 11 is 1.75. The molecule has 0 bridgehead atoms. The third-order valence-electron chi connectivity index (χ3n) is 2.43. The fraction of sp³-hybridized carbons (Fsp3) is 0.545. The Kier molecular flexibility index (Phi) is 4.75. The van der Waals surface area contributed by atoms with Gasteiger partial charge in [-0.1, -0.05) is 6.92 Å². The number of furan rings is 1. The molecule has 1 aromatic heterocycles. The first-order valence-corrected chi connectivity index (χ1v) is 6.39. The topological polar surface area (TPSA) is 33.5 Å². The Morgan fingerprint density at radius 3 is 2.87 bits per heavy atom. The molecule has 84 valence electrons. The average Bonchev–Trinajstić information content (AvgIpc) is 2.77. The zero-order chi connectivity index (χ0) is 11.3. The Morgan fingerprint density at radius 1 is 1.67 bits per heavy atom. The minimum Gasteiger partial charge on any atom is -0.459 e. The van der Waals surface area contributed by atoms with Gasteiger partial charge in [-0.05, 0) is 24.8 Å². The van der Waals surface area contributed by atoms with E-state index >= 15 is 0 Å². The first-order valence-electron chi connectivity index (χ1n) is 5.00. The van der Waals surface area contributed by atoms with Crippen molar-refractivity contribution in [2.24, 2.45) is 0 Å². The number of amides is 1. The van der Waals surface area contributed by atoms with Gasteiger partial charge in [0.1, 0.15) is 0 Å². The molecule has 0 aliphatic carbocycles. The molecule has 0 spiro atoms. The van der Waals surface area contributed by atoms with Crippen LogP contribution in [0.15, 0.2) is 22.8 Å². The van der Waals surface area contributed by atoms with Gasteiger partial charge < -0.3 is 9.32 Å². The third kappa shape index (κ3) is 3.02. The van der Waals surface area contributed by atoms with Gasteiger partial charge in [0, 0.05) is 18.8 Å². The van der Waals surface area contributed by atoms with Gasteiger partial charge in [-0.25, -0.2) is 0 Å².